The van der Waals surface area contributed by atoms with E-state index in [1.165, 1.54) is 5.56 Å². The molecule has 0 fully saturated rings. The summed E-state index contributed by atoms with van der Waals surface area (Å²) >= 11 is 1.57. The van der Waals surface area contributed by atoms with Gasteiger partial charge in [0.1, 0.15) is 0 Å². The molecule has 2 aromatic heterocycles. The standard InChI is InChI=1S/C27H24N4OS.ClH/c1-20-8-13-24-25(18-20)33-27(29-24)31(16-5-15-30-17-14-28-19-30)26(32)23-11-9-22(10-12-23)21-6-3-2-4-7-21;/h2-4,6-14,17-19H,5,15-16H2,1H3;1H. The predicted octanol–water partition coefficient (Wildman–Crippen LogP) is 6.63. The molecule has 34 heavy (non-hydrogen) atoms. The molecule has 0 radical (unpaired) electrons. The van der Waals surface area contributed by atoms with Crippen LogP contribution in [0.3, 0.4) is 0 Å². The minimum Gasteiger partial charge on any atom is -0.337 e. The Hall–Kier alpha value is -3.48. The van der Waals surface area contributed by atoms with Gasteiger partial charge in [-0.05, 0) is 54.3 Å². The monoisotopic (exact) mass is 488 g/mol. The molecule has 0 saturated carbocycles. The Kier molecular flexibility index (Phi) is 7.40. The molecule has 7 heteroatoms. The van der Waals surface area contributed by atoms with Crippen LogP contribution in [0.25, 0.3) is 21.3 Å². The van der Waals surface area contributed by atoms with E-state index in [4.69, 9.17) is 4.98 Å². The van der Waals surface area contributed by atoms with Crippen molar-refractivity contribution in [1.82, 2.24) is 14.5 Å². The van der Waals surface area contributed by atoms with Crippen LogP contribution in [-0.2, 0) is 6.54 Å². The van der Waals surface area contributed by atoms with Gasteiger partial charge in [-0.3, -0.25) is 9.69 Å². The zero-order valence-electron chi connectivity index (χ0n) is 18.8. The number of rotatable bonds is 7. The largest absolute Gasteiger partial charge is 0.337 e. The smallest absolute Gasteiger partial charge is 0.260 e. The van der Waals surface area contributed by atoms with E-state index in [0.717, 1.165) is 39.4 Å². The molecule has 2 heterocycles. The Morgan fingerprint density at radius 3 is 2.50 bits per heavy atom. The van der Waals surface area contributed by atoms with Gasteiger partial charge < -0.3 is 4.57 Å². The summed E-state index contributed by atoms with van der Waals surface area (Å²) in [5.41, 5.74) is 5.00. The number of halogens is 1. The number of benzene rings is 3. The normalized spacial score (nSPS) is 10.7. The van der Waals surface area contributed by atoms with Crippen LogP contribution in [0, 0.1) is 6.92 Å². The molecule has 5 nitrogen and oxygen atoms in total. The Morgan fingerprint density at radius 2 is 1.76 bits per heavy atom. The van der Waals surface area contributed by atoms with Gasteiger partial charge in [0.05, 0.1) is 16.5 Å². The van der Waals surface area contributed by atoms with Crippen LogP contribution >= 0.6 is 23.7 Å². The van der Waals surface area contributed by atoms with Crippen LogP contribution in [0.1, 0.15) is 22.3 Å². The SMILES string of the molecule is Cc1ccc2nc(N(CCCn3ccnc3)C(=O)c3ccc(-c4ccccc4)cc3)sc2c1.Cl. The number of amides is 1. The Balaban J connectivity index is 0.00000274. The maximum atomic E-state index is 13.6. The summed E-state index contributed by atoms with van der Waals surface area (Å²) in [6.45, 7) is 3.44. The Labute approximate surface area is 209 Å². The molecule has 172 valence electrons. The van der Waals surface area contributed by atoms with Crippen molar-refractivity contribution < 1.29 is 4.79 Å². The van der Waals surface area contributed by atoms with E-state index in [9.17, 15) is 4.79 Å². The summed E-state index contributed by atoms with van der Waals surface area (Å²) in [7, 11) is 0. The zero-order valence-corrected chi connectivity index (χ0v) is 20.4. The fourth-order valence-corrected chi connectivity index (χ4v) is 4.93. The van der Waals surface area contributed by atoms with Crippen LogP contribution in [0.4, 0.5) is 5.13 Å². The molecule has 0 aliphatic rings. The first-order chi connectivity index (χ1) is 16.2. The highest BCUT2D eigenvalue weighted by Crippen LogP contribution is 2.31. The van der Waals surface area contributed by atoms with Crippen molar-refractivity contribution in [3.63, 3.8) is 0 Å². The highest BCUT2D eigenvalue weighted by Gasteiger charge is 2.21. The van der Waals surface area contributed by atoms with Crippen LogP contribution in [0.5, 0.6) is 0 Å². The van der Waals surface area contributed by atoms with E-state index in [-0.39, 0.29) is 18.3 Å². The highest BCUT2D eigenvalue weighted by molar-refractivity contribution is 7.22. The number of imidazole rings is 1. The minimum atomic E-state index is -0.0315. The fourth-order valence-electron chi connectivity index (χ4n) is 3.84. The molecule has 5 aromatic rings. The third-order valence-electron chi connectivity index (χ3n) is 5.60. The number of aryl methyl sites for hydroxylation is 2. The average molecular weight is 489 g/mol. The first-order valence-electron chi connectivity index (χ1n) is 11.0. The number of hydrogen-bond donors (Lipinski definition) is 0. The summed E-state index contributed by atoms with van der Waals surface area (Å²) in [6.07, 6.45) is 6.32. The molecule has 0 aliphatic heterocycles. The van der Waals surface area contributed by atoms with Crippen LogP contribution in [0.15, 0.2) is 91.5 Å². The van der Waals surface area contributed by atoms with Crippen molar-refractivity contribution in [2.45, 2.75) is 19.9 Å². The number of hydrogen-bond acceptors (Lipinski definition) is 4. The molecule has 0 spiro atoms. The van der Waals surface area contributed by atoms with Crippen molar-refractivity contribution in [1.29, 1.82) is 0 Å². The van der Waals surface area contributed by atoms with Crippen molar-refractivity contribution in [3.8, 4) is 11.1 Å². The van der Waals surface area contributed by atoms with Gasteiger partial charge in [-0.25, -0.2) is 9.97 Å². The lowest BCUT2D eigenvalue weighted by atomic mass is 10.0. The van der Waals surface area contributed by atoms with Crippen molar-refractivity contribution in [2.75, 3.05) is 11.4 Å². The van der Waals surface area contributed by atoms with Crippen molar-refractivity contribution in [2.24, 2.45) is 0 Å². The van der Waals surface area contributed by atoms with E-state index in [1.54, 1.807) is 23.9 Å². The molecule has 1 amide bonds. The summed E-state index contributed by atoms with van der Waals surface area (Å²) in [5.74, 6) is -0.0315. The van der Waals surface area contributed by atoms with Gasteiger partial charge in [-0.2, -0.15) is 0 Å². The van der Waals surface area contributed by atoms with E-state index >= 15 is 0 Å². The van der Waals surface area contributed by atoms with Gasteiger partial charge >= 0.3 is 0 Å². The third kappa shape index (κ3) is 5.19. The lowest BCUT2D eigenvalue weighted by Gasteiger charge is -2.20. The van der Waals surface area contributed by atoms with E-state index in [0.29, 0.717) is 12.1 Å². The first-order valence-corrected chi connectivity index (χ1v) is 11.8. The molecule has 0 N–H and O–H groups in total. The number of nitrogens with zero attached hydrogens (tertiary/aromatic N) is 4. The van der Waals surface area contributed by atoms with E-state index in [2.05, 4.69) is 36.2 Å². The average Bonchev–Trinajstić information content (AvgIpc) is 3.52. The van der Waals surface area contributed by atoms with Crippen LogP contribution in [0.2, 0.25) is 0 Å². The molecule has 0 atom stereocenters. The molecular formula is C27H25ClN4OS. The summed E-state index contributed by atoms with van der Waals surface area (Å²) in [5, 5.41) is 0.735. The molecule has 0 saturated heterocycles. The molecular weight excluding hydrogens is 464 g/mol. The van der Waals surface area contributed by atoms with Gasteiger partial charge in [0.25, 0.3) is 5.91 Å². The topological polar surface area (TPSA) is 51.0 Å². The van der Waals surface area contributed by atoms with Crippen LogP contribution in [-0.4, -0.2) is 27.0 Å². The summed E-state index contributed by atoms with van der Waals surface area (Å²) in [4.78, 5) is 24.3. The lowest BCUT2D eigenvalue weighted by Crippen LogP contribution is -2.32. The van der Waals surface area contributed by atoms with Gasteiger partial charge in [-0.1, -0.05) is 59.9 Å². The number of aromatic nitrogens is 3. The number of carbonyl (C=O) groups is 1. The molecule has 0 bridgehead atoms. The second-order valence-electron chi connectivity index (χ2n) is 8.02. The quantitative estimate of drug-likeness (QED) is 0.258. The molecule has 0 aliphatic carbocycles. The van der Waals surface area contributed by atoms with Crippen LogP contribution < -0.4 is 4.90 Å². The summed E-state index contributed by atoms with van der Waals surface area (Å²) < 4.78 is 3.12. The summed E-state index contributed by atoms with van der Waals surface area (Å²) in [6, 6.07) is 24.2. The highest BCUT2D eigenvalue weighted by atomic mass is 35.5. The minimum absolute atomic E-state index is 0. The number of anilines is 1. The van der Waals surface area contributed by atoms with Gasteiger partial charge in [0.15, 0.2) is 5.13 Å². The van der Waals surface area contributed by atoms with E-state index in [1.807, 2.05) is 64.2 Å². The predicted molar refractivity (Wildman–Crippen MR) is 142 cm³/mol. The second kappa shape index (κ2) is 10.6. The molecule has 3 aromatic carbocycles. The van der Waals surface area contributed by atoms with Gasteiger partial charge in [0.2, 0.25) is 0 Å². The van der Waals surface area contributed by atoms with Gasteiger partial charge in [0, 0.05) is 31.0 Å². The van der Waals surface area contributed by atoms with E-state index < -0.39 is 0 Å². The van der Waals surface area contributed by atoms with Crippen molar-refractivity contribution >= 4 is 45.0 Å². The zero-order chi connectivity index (χ0) is 22.6. The second-order valence-corrected chi connectivity index (χ2v) is 9.03. The molecule has 5 rings (SSSR count). The molecule has 0 unspecified atom stereocenters. The number of thiazole rings is 1. The first kappa shape index (κ1) is 23.7. The number of fused-ring (bicyclic) bond motifs is 1. The fraction of sp³-hybridized carbons (Fsp3) is 0.148. The van der Waals surface area contributed by atoms with Gasteiger partial charge in [-0.15, -0.1) is 12.4 Å². The lowest BCUT2D eigenvalue weighted by molar-refractivity contribution is 0.0986. The Bertz CT molecular complexity index is 1370. The van der Waals surface area contributed by atoms with Crippen molar-refractivity contribution in [3.05, 3.63) is 103 Å². The third-order valence-corrected chi connectivity index (χ3v) is 6.65. The maximum absolute atomic E-state index is 13.6. The maximum Gasteiger partial charge on any atom is 0.260 e. The Morgan fingerprint density at radius 1 is 1.00 bits per heavy atom. The number of carbonyl (C=O) groups excluding carboxylic acids is 1.